The van der Waals surface area contributed by atoms with Gasteiger partial charge in [-0.1, -0.05) is 54.6 Å². The van der Waals surface area contributed by atoms with Crippen molar-refractivity contribution in [1.82, 2.24) is 4.90 Å². The third-order valence-corrected chi connectivity index (χ3v) is 4.10. The first-order chi connectivity index (χ1) is 10.2. The predicted octanol–water partition coefficient (Wildman–Crippen LogP) is 2.51. The standard InChI is InChI=1S/C18H20N2O/c1-13(19)18(21)20-11-15-9-5-6-10-16(15)17(12-20)14-7-3-2-4-8-14/h2-10,13,17H,11-12,19H2,1H3/t13-,17?/m1/s1. The van der Waals surface area contributed by atoms with Crippen LogP contribution in [0.15, 0.2) is 54.6 Å². The molecule has 0 saturated carbocycles. The molecule has 1 amide bonds. The van der Waals surface area contributed by atoms with Crippen LogP contribution >= 0.6 is 0 Å². The molecule has 2 aromatic rings. The number of nitrogens with two attached hydrogens (primary N) is 1. The van der Waals surface area contributed by atoms with Crippen molar-refractivity contribution in [2.75, 3.05) is 6.54 Å². The Kier molecular flexibility index (Phi) is 3.76. The first-order valence-corrected chi connectivity index (χ1v) is 7.34. The Morgan fingerprint density at radius 2 is 1.81 bits per heavy atom. The van der Waals surface area contributed by atoms with Crippen molar-refractivity contribution in [3.8, 4) is 0 Å². The van der Waals surface area contributed by atoms with Gasteiger partial charge in [-0.3, -0.25) is 4.79 Å². The summed E-state index contributed by atoms with van der Waals surface area (Å²) in [5, 5.41) is 0. The average molecular weight is 280 g/mol. The number of carbonyl (C=O) groups excluding carboxylic acids is 1. The van der Waals surface area contributed by atoms with Crippen LogP contribution in [0.5, 0.6) is 0 Å². The lowest BCUT2D eigenvalue weighted by molar-refractivity contribution is -0.133. The molecule has 2 N–H and O–H groups in total. The second-order valence-corrected chi connectivity index (χ2v) is 5.67. The average Bonchev–Trinajstić information content (AvgIpc) is 2.53. The Bertz CT molecular complexity index is 637. The normalized spacial score (nSPS) is 19.0. The second-order valence-electron chi connectivity index (χ2n) is 5.67. The van der Waals surface area contributed by atoms with E-state index in [0.717, 1.165) is 0 Å². The van der Waals surface area contributed by atoms with Crippen LogP contribution in [0.1, 0.15) is 29.5 Å². The van der Waals surface area contributed by atoms with Crippen LogP contribution in [-0.2, 0) is 11.3 Å². The maximum Gasteiger partial charge on any atom is 0.239 e. The molecule has 0 bridgehead atoms. The number of hydrogen-bond donors (Lipinski definition) is 1. The summed E-state index contributed by atoms with van der Waals surface area (Å²) >= 11 is 0. The summed E-state index contributed by atoms with van der Waals surface area (Å²) in [5.74, 6) is 0.240. The van der Waals surface area contributed by atoms with Crippen molar-refractivity contribution in [3.63, 3.8) is 0 Å². The molecule has 108 valence electrons. The molecule has 3 rings (SSSR count). The molecule has 0 aromatic heterocycles. The van der Waals surface area contributed by atoms with E-state index < -0.39 is 6.04 Å². The second kappa shape index (κ2) is 5.70. The molecule has 0 radical (unpaired) electrons. The smallest absolute Gasteiger partial charge is 0.239 e. The van der Waals surface area contributed by atoms with Crippen molar-refractivity contribution in [2.24, 2.45) is 5.73 Å². The third kappa shape index (κ3) is 2.69. The largest absolute Gasteiger partial charge is 0.336 e. The minimum Gasteiger partial charge on any atom is -0.336 e. The van der Waals surface area contributed by atoms with Crippen LogP contribution in [0.3, 0.4) is 0 Å². The van der Waals surface area contributed by atoms with Gasteiger partial charge >= 0.3 is 0 Å². The van der Waals surface area contributed by atoms with E-state index in [9.17, 15) is 4.79 Å². The number of hydrogen-bond acceptors (Lipinski definition) is 2. The predicted molar refractivity (Wildman–Crippen MR) is 83.8 cm³/mol. The van der Waals surface area contributed by atoms with E-state index in [1.165, 1.54) is 16.7 Å². The van der Waals surface area contributed by atoms with Crippen LogP contribution in [0.2, 0.25) is 0 Å². The minimum atomic E-state index is -0.452. The van der Waals surface area contributed by atoms with Gasteiger partial charge in [-0.25, -0.2) is 0 Å². The molecule has 0 aliphatic carbocycles. The van der Waals surface area contributed by atoms with Gasteiger partial charge in [0.25, 0.3) is 0 Å². The van der Waals surface area contributed by atoms with Crippen LogP contribution < -0.4 is 5.73 Å². The molecular formula is C18H20N2O. The third-order valence-electron chi connectivity index (χ3n) is 4.10. The zero-order valence-electron chi connectivity index (χ0n) is 12.2. The summed E-state index contributed by atoms with van der Waals surface area (Å²) in [4.78, 5) is 14.2. The molecule has 3 nitrogen and oxygen atoms in total. The SMILES string of the molecule is C[C@@H](N)C(=O)N1Cc2ccccc2C(c2ccccc2)C1. The molecule has 0 saturated heterocycles. The van der Waals surface area contributed by atoms with Crippen molar-refractivity contribution in [1.29, 1.82) is 0 Å². The fraction of sp³-hybridized carbons (Fsp3) is 0.278. The molecule has 2 aromatic carbocycles. The molecule has 0 spiro atoms. The van der Waals surface area contributed by atoms with Crippen LogP contribution in [0, 0.1) is 0 Å². The topological polar surface area (TPSA) is 46.3 Å². The van der Waals surface area contributed by atoms with Gasteiger partial charge < -0.3 is 10.6 Å². The Morgan fingerprint density at radius 3 is 2.52 bits per heavy atom. The molecular weight excluding hydrogens is 260 g/mol. The monoisotopic (exact) mass is 280 g/mol. The number of rotatable bonds is 2. The van der Waals surface area contributed by atoms with Crippen molar-refractivity contribution < 1.29 is 4.79 Å². The highest BCUT2D eigenvalue weighted by molar-refractivity contribution is 5.81. The van der Waals surface area contributed by atoms with Crippen molar-refractivity contribution in [3.05, 3.63) is 71.3 Å². The van der Waals surface area contributed by atoms with E-state index in [4.69, 9.17) is 5.73 Å². The van der Waals surface area contributed by atoms with Crippen molar-refractivity contribution in [2.45, 2.75) is 25.4 Å². The quantitative estimate of drug-likeness (QED) is 0.918. The maximum absolute atomic E-state index is 12.3. The Labute approximate surface area is 125 Å². The summed E-state index contributed by atoms with van der Waals surface area (Å²) in [6.45, 7) is 3.10. The molecule has 2 atom stereocenters. The Morgan fingerprint density at radius 1 is 1.14 bits per heavy atom. The van der Waals surface area contributed by atoms with E-state index in [2.05, 4.69) is 30.3 Å². The Hall–Kier alpha value is -2.13. The number of amides is 1. The summed E-state index contributed by atoms with van der Waals surface area (Å²) in [6, 6.07) is 18.3. The van der Waals surface area contributed by atoms with Gasteiger partial charge in [0.05, 0.1) is 6.04 Å². The van der Waals surface area contributed by atoms with Gasteiger partial charge in [-0.15, -0.1) is 0 Å². The molecule has 1 aliphatic heterocycles. The number of nitrogens with zero attached hydrogens (tertiary/aromatic N) is 1. The molecule has 1 heterocycles. The highest BCUT2D eigenvalue weighted by atomic mass is 16.2. The van der Waals surface area contributed by atoms with Crippen LogP contribution in [-0.4, -0.2) is 23.4 Å². The van der Waals surface area contributed by atoms with E-state index >= 15 is 0 Å². The van der Waals surface area contributed by atoms with Gasteiger partial charge in [0.15, 0.2) is 0 Å². The van der Waals surface area contributed by atoms with E-state index in [-0.39, 0.29) is 11.8 Å². The first-order valence-electron chi connectivity index (χ1n) is 7.34. The number of benzene rings is 2. The molecule has 21 heavy (non-hydrogen) atoms. The zero-order chi connectivity index (χ0) is 14.8. The minimum absolute atomic E-state index is 0.0189. The van der Waals surface area contributed by atoms with Crippen molar-refractivity contribution >= 4 is 5.91 Å². The van der Waals surface area contributed by atoms with Gasteiger partial charge in [-0.05, 0) is 23.6 Å². The number of fused-ring (bicyclic) bond motifs is 1. The van der Waals surface area contributed by atoms with E-state index in [1.807, 2.05) is 29.2 Å². The highest BCUT2D eigenvalue weighted by Crippen LogP contribution is 2.33. The molecule has 0 fully saturated rings. The summed E-state index contributed by atoms with van der Waals surface area (Å²) < 4.78 is 0. The summed E-state index contributed by atoms with van der Waals surface area (Å²) in [5.41, 5.74) is 9.55. The lowest BCUT2D eigenvalue weighted by atomic mass is 9.84. The zero-order valence-corrected chi connectivity index (χ0v) is 12.2. The van der Waals surface area contributed by atoms with Crippen LogP contribution in [0.25, 0.3) is 0 Å². The van der Waals surface area contributed by atoms with Crippen LogP contribution in [0.4, 0.5) is 0 Å². The maximum atomic E-state index is 12.3. The lowest BCUT2D eigenvalue weighted by Crippen LogP contribution is -2.45. The van der Waals surface area contributed by atoms with E-state index in [0.29, 0.717) is 13.1 Å². The number of carbonyl (C=O) groups is 1. The lowest BCUT2D eigenvalue weighted by Gasteiger charge is -2.36. The van der Waals surface area contributed by atoms with Gasteiger partial charge in [0, 0.05) is 19.0 Å². The first kappa shape index (κ1) is 13.8. The highest BCUT2D eigenvalue weighted by Gasteiger charge is 2.29. The fourth-order valence-electron chi connectivity index (χ4n) is 3.03. The summed E-state index contributed by atoms with van der Waals surface area (Å²) in [6.07, 6.45) is 0. The molecule has 1 aliphatic rings. The van der Waals surface area contributed by atoms with E-state index in [1.54, 1.807) is 6.92 Å². The Balaban J connectivity index is 2.00. The summed E-state index contributed by atoms with van der Waals surface area (Å²) in [7, 11) is 0. The van der Waals surface area contributed by atoms with Gasteiger partial charge in [-0.2, -0.15) is 0 Å². The van der Waals surface area contributed by atoms with Gasteiger partial charge in [0.1, 0.15) is 0 Å². The fourth-order valence-corrected chi connectivity index (χ4v) is 3.03. The molecule has 3 heteroatoms. The van der Waals surface area contributed by atoms with Gasteiger partial charge in [0.2, 0.25) is 5.91 Å². The molecule has 1 unspecified atom stereocenters.